The number of hydrogen-bond donors (Lipinski definition) is 4. The SMILES string of the molecule is COc1ccc(C(=O)NC(=S)Nc2ccccc2C(=O)NCCO)cc1Br. The van der Waals surface area contributed by atoms with Gasteiger partial charge in [0.2, 0.25) is 0 Å². The van der Waals surface area contributed by atoms with Gasteiger partial charge in [0.05, 0.1) is 29.4 Å². The molecule has 2 aromatic carbocycles. The van der Waals surface area contributed by atoms with Crippen molar-refractivity contribution in [1.29, 1.82) is 0 Å². The maximum atomic E-state index is 12.3. The number of carbonyl (C=O) groups excluding carboxylic acids is 2. The number of rotatable bonds is 6. The normalized spacial score (nSPS) is 10.0. The highest BCUT2D eigenvalue weighted by atomic mass is 79.9. The van der Waals surface area contributed by atoms with E-state index in [0.29, 0.717) is 27.0 Å². The van der Waals surface area contributed by atoms with Crippen LogP contribution in [0.3, 0.4) is 0 Å². The molecule has 0 atom stereocenters. The van der Waals surface area contributed by atoms with E-state index in [1.54, 1.807) is 42.5 Å². The van der Waals surface area contributed by atoms with Crippen LogP contribution in [0.25, 0.3) is 0 Å². The molecular weight excluding hydrogens is 434 g/mol. The summed E-state index contributed by atoms with van der Waals surface area (Å²) in [7, 11) is 1.53. The van der Waals surface area contributed by atoms with Gasteiger partial charge in [-0.3, -0.25) is 14.9 Å². The van der Waals surface area contributed by atoms with E-state index in [1.165, 1.54) is 7.11 Å². The van der Waals surface area contributed by atoms with Crippen molar-refractivity contribution in [2.45, 2.75) is 0 Å². The molecule has 0 unspecified atom stereocenters. The number of aliphatic hydroxyl groups excluding tert-OH is 1. The number of nitrogens with one attached hydrogen (secondary N) is 3. The quantitative estimate of drug-likeness (QED) is 0.502. The van der Waals surface area contributed by atoms with E-state index in [-0.39, 0.29) is 24.2 Å². The van der Waals surface area contributed by atoms with Crippen molar-refractivity contribution >= 4 is 50.8 Å². The third-order valence-electron chi connectivity index (χ3n) is 3.46. The van der Waals surface area contributed by atoms with Gasteiger partial charge < -0.3 is 20.5 Å². The van der Waals surface area contributed by atoms with Crippen molar-refractivity contribution in [3.8, 4) is 5.75 Å². The Morgan fingerprint density at radius 2 is 1.93 bits per heavy atom. The number of anilines is 1. The Morgan fingerprint density at radius 1 is 1.19 bits per heavy atom. The number of thiocarbonyl (C=S) groups is 1. The minimum atomic E-state index is -0.405. The molecule has 2 amide bonds. The first-order valence-electron chi connectivity index (χ1n) is 7.90. The molecule has 7 nitrogen and oxygen atoms in total. The minimum absolute atomic E-state index is 0.0503. The smallest absolute Gasteiger partial charge is 0.257 e. The molecule has 0 saturated carbocycles. The Kier molecular flexibility index (Phi) is 7.71. The number of aliphatic hydroxyl groups is 1. The van der Waals surface area contributed by atoms with Crippen LogP contribution < -0.4 is 20.7 Å². The van der Waals surface area contributed by atoms with Crippen molar-refractivity contribution in [1.82, 2.24) is 10.6 Å². The van der Waals surface area contributed by atoms with E-state index in [4.69, 9.17) is 22.1 Å². The van der Waals surface area contributed by atoms with Crippen LogP contribution in [0.5, 0.6) is 5.75 Å². The topological polar surface area (TPSA) is 99.7 Å². The fourth-order valence-electron chi connectivity index (χ4n) is 2.19. The second kappa shape index (κ2) is 10.0. The summed E-state index contributed by atoms with van der Waals surface area (Å²) in [6, 6.07) is 11.6. The second-order valence-electron chi connectivity index (χ2n) is 5.28. The minimum Gasteiger partial charge on any atom is -0.496 e. The largest absolute Gasteiger partial charge is 0.496 e. The monoisotopic (exact) mass is 451 g/mol. The van der Waals surface area contributed by atoms with Gasteiger partial charge in [-0.1, -0.05) is 12.1 Å². The van der Waals surface area contributed by atoms with Crippen molar-refractivity contribution < 1.29 is 19.4 Å². The van der Waals surface area contributed by atoms with Gasteiger partial charge in [-0.15, -0.1) is 0 Å². The number of benzene rings is 2. The Labute approximate surface area is 170 Å². The van der Waals surface area contributed by atoms with Crippen LogP contribution in [0.2, 0.25) is 0 Å². The molecular formula is C18H18BrN3O4S. The first-order valence-corrected chi connectivity index (χ1v) is 9.10. The van der Waals surface area contributed by atoms with Gasteiger partial charge in [0, 0.05) is 12.1 Å². The summed E-state index contributed by atoms with van der Waals surface area (Å²) in [6.07, 6.45) is 0. The fourth-order valence-corrected chi connectivity index (χ4v) is 2.93. The van der Waals surface area contributed by atoms with E-state index >= 15 is 0 Å². The average molecular weight is 452 g/mol. The molecule has 0 aliphatic heterocycles. The summed E-state index contributed by atoms with van der Waals surface area (Å²) in [4.78, 5) is 24.5. The molecule has 0 spiro atoms. The van der Waals surface area contributed by atoms with Crippen molar-refractivity contribution in [3.05, 3.63) is 58.1 Å². The zero-order valence-corrected chi connectivity index (χ0v) is 16.8. The molecule has 2 rings (SSSR count). The van der Waals surface area contributed by atoms with E-state index < -0.39 is 5.91 Å². The van der Waals surface area contributed by atoms with Gasteiger partial charge in [-0.2, -0.15) is 0 Å². The van der Waals surface area contributed by atoms with E-state index in [0.717, 1.165) is 0 Å². The lowest BCUT2D eigenvalue weighted by Gasteiger charge is -2.13. The average Bonchev–Trinajstić information content (AvgIpc) is 2.66. The van der Waals surface area contributed by atoms with Gasteiger partial charge in [0.25, 0.3) is 11.8 Å². The van der Waals surface area contributed by atoms with Crippen LogP contribution in [-0.2, 0) is 0 Å². The molecule has 0 radical (unpaired) electrons. The van der Waals surface area contributed by atoms with Gasteiger partial charge in [-0.25, -0.2) is 0 Å². The Hall–Kier alpha value is -2.49. The van der Waals surface area contributed by atoms with Crippen LogP contribution in [0, 0.1) is 0 Å². The second-order valence-corrected chi connectivity index (χ2v) is 6.55. The molecule has 27 heavy (non-hydrogen) atoms. The zero-order valence-electron chi connectivity index (χ0n) is 14.4. The summed E-state index contributed by atoms with van der Waals surface area (Å²) >= 11 is 8.50. The summed E-state index contributed by atoms with van der Waals surface area (Å²) in [6.45, 7) is -0.0199. The van der Waals surface area contributed by atoms with Crippen LogP contribution in [-0.4, -0.2) is 42.3 Å². The lowest BCUT2D eigenvalue weighted by Crippen LogP contribution is -2.35. The molecule has 0 aliphatic carbocycles. The van der Waals surface area contributed by atoms with Crippen LogP contribution in [0.4, 0.5) is 5.69 Å². The summed E-state index contributed by atoms with van der Waals surface area (Å²) in [5.41, 5.74) is 1.17. The van der Waals surface area contributed by atoms with Crippen molar-refractivity contribution in [2.75, 3.05) is 25.6 Å². The number of amides is 2. The summed E-state index contributed by atoms with van der Waals surface area (Å²) in [5, 5.41) is 16.9. The van der Waals surface area contributed by atoms with E-state index in [2.05, 4.69) is 31.9 Å². The number of hydrogen-bond acceptors (Lipinski definition) is 5. The number of carbonyl (C=O) groups is 2. The Morgan fingerprint density at radius 3 is 2.59 bits per heavy atom. The van der Waals surface area contributed by atoms with E-state index in [9.17, 15) is 9.59 Å². The number of ether oxygens (including phenoxy) is 1. The first-order chi connectivity index (χ1) is 13.0. The standard InChI is InChI=1S/C18H18BrN3O4S/c1-26-15-7-6-11(10-13(15)19)16(24)22-18(27)21-14-5-3-2-4-12(14)17(25)20-8-9-23/h2-7,10,23H,8-9H2,1H3,(H,20,25)(H2,21,22,24,27). The molecule has 2 aromatic rings. The lowest BCUT2D eigenvalue weighted by molar-refractivity contribution is 0.0944. The van der Waals surface area contributed by atoms with Crippen molar-refractivity contribution in [2.24, 2.45) is 0 Å². The van der Waals surface area contributed by atoms with Crippen LogP contribution in [0.15, 0.2) is 46.9 Å². The van der Waals surface area contributed by atoms with Gasteiger partial charge in [0.15, 0.2) is 5.11 Å². The van der Waals surface area contributed by atoms with Crippen LogP contribution in [0.1, 0.15) is 20.7 Å². The Balaban J connectivity index is 2.06. The molecule has 0 saturated heterocycles. The first kappa shape index (κ1) is 20.8. The number of methoxy groups -OCH3 is 1. The zero-order chi connectivity index (χ0) is 19.8. The fraction of sp³-hybridized carbons (Fsp3) is 0.167. The maximum Gasteiger partial charge on any atom is 0.257 e. The Bertz CT molecular complexity index is 860. The predicted octanol–water partition coefficient (Wildman–Crippen LogP) is 2.31. The highest BCUT2D eigenvalue weighted by Crippen LogP contribution is 2.25. The third kappa shape index (κ3) is 5.75. The van der Waals surface area contributed by atoms with Crippen molar-refractivity contribution in [3.63, 3.8) is 0 Å². The molecule has 0 aliphatic rings. The highest BCUT2D eigenvalue weighted by molar-refractivity contribution is 9.10. The highest BCUT2D eigenvalue weighted by Gasteiger charge is 2.14. The molecule has 0 bridgehead atoms. The summed E-state index contributed by atoms with van der Waals surface area (Å²) in [5.74, 6) is -0.159. The predicted molar refractivity (Wildman–Crippen MR) is 110 cm³/mol. The molecule has 4 N–H and O–H groups in total. The molecule has 9 heteroatoms. The maximum absolute atomic E-state index is 12.3. The van der Waals surface area contributed by atoms with E-state index in [1.807, 2.05) is 0 Å². The molecule has 0 aromatic heterocycles. The molecule has 142 valence electrons. The number of para-hydroxylation sites is 1. The lowest BCUT2D eigenvalue weighted by atomic mass is 10.1. The molecule has 0 heterocycles. The number of halogens is 1. The molecule has 0 fully saturated rings. The third-order valence-corrected chi connectivity index (χ3v) is 4.28. The van der Waals surface area contributed by atoms with Gasteiger partial charge in [-0.05, 0) is 58.5 Å². The van der Waals surface area contributed by atoms with Gasteiger partial charge >= 0.3 is 0 Å². The van der Waals surface area contributed by atoms with Crippen LogP contribution >= 0.6 is 28.1 Å². The van der Waals surface area contributed by atoms with Gasteiger partial charge in [0.1, 0.15) is 5.75 Å². The summed E-state index contributed by atoms with van der Waals surface area (Å²) < 4.78 is 5.77.